The van der Waals surface area contributed by atoms with Gasteiger partial charge >= 0.3 is 0 Å². The van der Waals surface area contributed by atoms with Crippen LogP contribution < -0.4 is 10.0 Å². The van der Waals surface area contributed by atoms with Gasteiger partial charge in [-0.3, -0.25) is 4.79 Å². The monoisotopic (exact) mass is 328 g/mol. The fourth-order valence-electron chi connectivity index (χ4n) is 2.59. The number of carbonyl (C=O) groups is 1. The quantitative estimate of drug-likeness (QED) is 0.799. The van der Waals surface area contributed by atoms with Crippen LogP contribution in [0.1, 0.15) is 43.4 Å². The lowest BCUT2D eigenvalue weighted by Crippen LogP contribution is -2.39. The molecule has 122 valence electrons. The number of hydrogen-bond acceptors (Lipinski definition) is 3. The molecular formula is C15H21FN2O3S. The lowest BCUT2D eigenvalue weighted by atomic mass is 10.1. The predicted molar refractivity (Wildman–Crippen MR) is 82.3 cm³/mol. The maximum Gasteiger partial charge on any atom is 0.235 e. The normalized spacial score (nSPS) is 17.3. The Balaban J connectivity index is 1.88. The Morgan fingerprint density at radius 1 is 1.41 bits per heavy atom. The summed E-state index contributed by atoms with van der Waals surface area (Å²) in [6, 6.07) is 4.57. The molecule has 1 aromatic carbocycles. The standard InChI is InChI=1S/C15H21FN2O3S/c1-2-3-9-22(20,21)17-10-15(19)18-14-8-7-11-12(14)5-4-6-13(11)16/h4-6,14,17H,2-3,7-10H2,1H3,(H,18,19)/t14-/m0/s1. The van der Waals surface area contributed by atoms with Gasteiger partial charge in [-0.15, -0.1) is 0 Å². The number of hydrogen-bond donors (Lipinski definition) is 2. The van der Waals surface area contributed by atoms with Gasteiger partial charge in [0.2, 0.25) is 15.9 Å². The maximum atomic E-state index is 13.6. The van der Waals surface area contributed by atoms with E-state index in [1.165, 1.54) is 6.07 Å². The molecule has 0 radical (unpaired) electrons. The minimum Gasteiger partial charge on any atom is -0.348 e. The van der Waals surface area contributed by atoms with E-state index in [4.69, 9.17) is 0 Å². The highest BCUT2D eigenvalue weighted by molar-refractivity contribution is 7.89. The van der Waals surface area contributed by atoms with Crippen molar-refractivity contribution in [2.75, 3.05) is 12.3 Å². The molecule has 1 aliphatic rings. The molecule has 0 heterocycles. The minimum absolute atomic E-state index is 0.0221. The summed E-state index contributed by atoms with van der Waals surface area (Å²) in [5, 5.41) is 2.76. The molecule has 0 spiro atoms. The fraction of sp³-hybridized carbons (Fsp3) is 0.533. The smallest absolute Gasteiger partial charge is 0.235 e. The topological polar surface area (TPSA) is 75.3 Å². The van der Waals surface area contributed by atoms with Crippen LogP contribution in [0.5, 0.6) is 0 Å². The van der Waals surface area contributed by atoms with E-state index in [2.05, 4.69) is 10.0 Å². The van der Waals surface area contributed by atoms with Crippen LogP contribution in [0, 0.1) is 5.82 Å². The Kier molecular flexibility index (Phi) is 5.52. The maximum absolute atomic E-state index is 13.6. The van der Waals surface area contributed by atoms with Crippen LogP contribution in [0.3, 0.4) is 0 Å². The number of unbranched alkanes of at least 4 members (excludes halogenated alkanes) is 1. The number of rotatable bonds is 7. The molecule has 2 rings (SSSR count). The van der Waals surface area contributed by atoms with E-state index in [1.807, 2.05) is 6.92 Å². The van der Waals surface area contributed by atoms with E-state index in [-0.39, 0.29) is 24.2 Å². The van der Waals surface area contributed by atoms with Gasteiger partial charge in [-0.25, -0.2) is 17.5 Å². The van der Waals surface area contributed by atoms with Crippen molar-refractivity contribution in [2.45, 2.75) is 38.6 Å². The largest absolute Gasteiger partial charge is 0.348 e. The van der Waals surface area contributed by atoms with Crippen molar-refractivity contribution in [1.29, 1.82) is 0 Å². The van der Waals surface area contributed by atoms with Gasteiger partial charge < -0.3 is 5.32 Å². The summed E-state index contributed by atoms with van der Waals surface area (Å²) >= 11 is 0. The van der Waals surface area contributed by atoms with Crippen molar-refractivity contribution in [2.24, 2.45) is 0 Å². The highest BCUT2D eigenvalue weighted by Gasteiger charge is 2.26. The van der Waals surface area contributed by atoms with Gasteiger partial charge in [-0.1, -0.05) is 25.5 Å². The average molecular weight is 328 g/mol. The van der Waals surface area contributed by atoms with Crippen molar-refractivity contribution in [1.82, 2.24) is 10.0 Å². The molecular weight excluding hydrogens is 307 g/mol. The first kappa shape index (κ1) is 16.9. The third-order valence-corrected chi connectivity index (χ3v) is 5.18. The summed E-state index contributed by atoms with van der Waals surface area (Å²) in [5.41, 5.74) is 1.42. The van der Waals surface area contributed by atoms with Gasteiger partial charge in [0.15, 0.2) is 0 Å². The molecule has 0 saturated heterocycles. The minimum atomic E-state index is -3.41. The molecule has 1 aliphatic carbocycles. The van der Waals surface area contributed by atoms with E-state index in [0.717, 1.165) is 12.0 Å². The molecule has 22 heavy (non-hydrogen) atoms. The summed E-state index contributed by atoms with van der Waals surface area (Å²) in [5.74, 6) is -0.634. The van der Waals surface area contributed by atoms with Gasteiger partial charge in [-0.05, 0) is 36.5 Å². The Morgan fingerprint density at radius 3 is 2.91 bits per heavy atom. The SMILES string of the molecule is CCCCS(=O)(=O)NCC(=O)N[C@H]1CCc2c(F)cccc21. The number of halogens is 1. The van der Waals surface area contributed by atoms with Crippen LogP contribution in [0.25, 0.3) is 0 Å². The molecule has 2 N–H and O–H groups in total. The zero-order valence-corrected chi connectivity index (χ0v) is 13.4. The number of amides is 1. The Hall–Kier alpha value is -1.47. The molecule has 1 amide bonds. The van der Waals surface area contributed by atoms with Gasteiger partial charge in [0.25, 0.3) is 0 Å². The predicted octanol–water partition coefficient (Wildman–Crippen LogP) is 1.65. The second-order valence-corrected chi connectivity index (χ2v) is 7.39. The summed E-state index contributed by atoms with van der Waals surface area (Å²) in [4.78, 5) is 11.9. The van der Waals surface area contributed by atoms with Gasteiger partial charge in [0.1, 0.15) is 5.82 Å². The van der Waals surface area contributed by atoms with Crippen molar-refractivity contribution >= 4 is 15.9 Å². The summed E-state index contributed by atoms with van der Waals surface area (Å²) in [6.07, 6.45) is 2.55. The van der Waals surface area contributed by atoms with Crippen LogP contribution in [0.15, 0.2) is 18.2 Å². The number of nitrogens with one attached hydrogen (secondary N) is 2. The summed E-state index contributed by atoms with van der Waals surface area (Å²) in [6.45, 7) is 1.62. The van der Waals surface area contributed by atoms with Crippen LogP contribution >= 0.6 is 0 Å². The van der Waals surface area contributed by atoms with Crippen LogP contribution in [0.4, 0.5) is 4.39 Å². The molecule has 0 fully saturated rings. The third-order valence-electron chi connectivity index (χ3n) is 3.77. The highest BCUT2D eigenvalue weighted by atomic mass is 32.2. The second-order valence-electron chi connectivity index (χ2n) is 5.46. The van der Waals surface area contributed by atoms with E-state index < -0.39 is 15.9 Å². The van der Waals surface area contributed by atoms with Crippen LogP contribution in [-0.2, 0) is 21.2 Å². The summed E-state index contributed by atoms with van der Waals surface area (Å²) in [7, 11) is -3.41. The third kappa shape index (κ3) is 4.27. The summed E-state index contributed by atoms with van der Waals surface area (Å²) < 4.78 is 39.2. The number of benzene rings is 1. The Bertz CT molecular complexity index is 646. The number of fused-ring (bicyclic) bond motifs is 1. The molecule has 0 aliphatic heterocycles. The number of carbonyl (C=O) groups excluding carboxylic acids is 1. The molecule has 5 nitrogen and oxygen atoms in total. The van der Waals surface area contributed by atoms with E-state index >= 15 is 0 Å². The molecule has 0 unspecified atom stereocenters. The van der Waals surface area contributed by atoms with Gasteiger partial charge in [0.05, 0.1) is 18.3 Å². The molecule has 1 atom stereocenters. The molecule has 0 bridgehead atoms. The first-order valence-electron chi connectivity index (χ1n) is 7.47. The Morgan fingerprint density at radius 2 is 2.18 bits per heavy atom. The van der Waals surface area contributed by atoms with E-state index in [1.54, 1.807) is 12.1 Å². The second kappa shape index (κ2) is 7.19. The average Bonchev–Trinajstić information content (AvgIpc) is 2.88. The van der Waals surface area contributed by atoms with Gasteiger partial charge in [0, 0.05) is 0 Å². The fourth-order valence-corrected chi connectivity index (χ4v) is 3.75. The van der Waals surface area contributed by atoms with Crippen molar-refractivity contribution in [3.05, 3.63) is 35.1 Å². The Labute approximate surface area is 130 Å². The van der Waals surface area contributed by atoms with Crippen molar-refractivity contribution < 1.29 is 17.6 Å². The molecule has 7 heteroatoms. The van der Waals surface area contributed by atoms with Crippen molar-refractivity contribution in [3.8, 4) is 0 Å². The van der Waals surface area contributed by atoms with Crippen LogP contribution in [0.2, 0.25) is 0 Å². The first-order chi connectivity index (χ1) is 10.4. The molecule has 0 aromatic heterocycles. The molecule has 0 saturated carbocycles. The van der Waals surface area contributed by atoms with E-state index in [0.29, 0.717) is 24.8 Å². The lowest BCUT2D eigenvalue weighted by Gasteiger charge is -2.14. The van der Waals surface area contributed by atoms with Gasteiger partial charge in [-0.2, -0.15) is 0 Å². The zero-order chi connectivity index (χ0) is 16.2. The zero-order valence-electron chi connectivity index (χ0n) is 12.6. The highest BCUT2D eigenvalue weighted by Crippen LogP contribution is 2.32. The van der Waals surface area contributed by atoms with E-state index in [9.17, 15) is 17.6 Å². The number of sulfonamides is 1. The van der Waals surface area contributed by atoms with Crippen molar-refractivity contribution in [3.63, 3.8) is 0 Å². The molecule has 1 aromatic rings. The lowest BCUT2D eigenvalue weighted by molar-refractivity contribution is -0.120. The van der Waals surface area contributed by atoms with Crippen LogP contribution in [-0.4, -0.2) is 26.6 Å². The first-order valence-corrected chi connectivity index (χ1v) is 9.12.